The van der Waals surface area contributed by atoms with Crippen LogP contribution in [0.25, 0.3) is 0 Å². The van der Waals surface area contributed by atoms with Crippen molar-refractivity contribution in [1.29, 1.82) is 15.8 Å². The van der Waals surface area contributed by atoms with Gasteiger partial charge < -0.3 is 39.7 Å². The van der Waals surface area contributed by atoms with E-state index in [1.165, 1.54) is 11.1 Å². The number of hydrogen-bond acceptors (Lipinski definition) is 11. The molecule has 3 aliphatic rings. The van der Waals surface area contributed by atoms with Crippen molar-refractivity contribution in [3.05, 3.63) is 108 Å². The van der Waals surface area contributed by atoms with Crippen molar-refractivity contribution in [2.24, 2.45) is 16.2 Å². The average molecular weight is 1060 g/mol. The van der Waals surface area contributed by atoms with Gasteiger partial charge in [-0.15, -0.1) is 0 Å². The molecule has 416 valence electrons. The Morgan fingerprint density at radius 3 is 1.12 bits per heavy atom. The lowest BCUT2D eigenvalue weighted by atomic mass is 9.75. The molecule has 3 aromatic rings. The van der Waals surface area contributed by atoms with Crippen molar-refractivity contribution in [2.45, 2.75) is 136 Å². The number of carbonyl (C=O) groups excluding carboxylic acids is 5. The summed E-state index contributed by atoms with van der Waals surface area (Å²) in [4.78, 5) is 67.6. The van der Waals surface area contributed by atoms with Gasteiger partial charge in [-0.05, 0) is 143 Å². The highest BCUT2D eigenvalue weighted by Crippen LogP contribution is 2.37. The Morgan fingerprint density at radius 1 is 0.494 bits per heavy atom. The van der Waals surface area contributed by atoms with Gasteiger partial charge in [0.05, 0.1) is 41.0 Å². The molecular formula is C61H85N9O7. The molecule has 0 atom stereocenters. The number of hydrogen-bond donors (Lipinski definition) is 2. The second-order valence-corrected chi connectivity index (χ2v) is 23.1. The smallest absolute Gasteiger partial charge is 0.407 e. The number of nitriles is 3. The molecule has 0 bridgehead atoms. The molecule has 0 unspecified atom stereocenters. The summed E-state index contributed by atoms with van der Waals surface area (Å²) in [6.45, 7) is 15.8. The van der Waals surface area contributed by atoms with Crippen LogP contribution >= 0.6 is 0 Å². The predicted octanol–water partition coefficient (Wildman–Crippen LogP) is 9.26. The number of likely N-dealkylation sites (tertiary alicyclic amines) is 3. The van der Waals surface area contributed by atoms with Crippen LogP contribution in [0, 0.1) is 50.2 Å². The van der Waals surface area contributed by atoms with E-state index in [0.29, 0.717) is 90.9 Å². The molecule has 5 amide bonds. The van der Waals surface area contributed by atoms with Gasteiger partial charge in [-0.3, -0.25) is 14.4 Å². The summed E-state index contributed by atoms with van der Waals surface area (Å²) < 4.78 is 10.3. The summed E-state index contributed by atoms with van der Waals surface area (Å²) in [6.07, 6.45) is 7.73. The number of unbranched alkanes of at least 4 members (excludes halogenated alkanes) is 1. The monoisotopic (exact) mass is 1060 g/mol. The molecule has 3 heterocycles. The zero-order valence-corrected chi connectivity index (χ0v) is 47.2. The van der Waals surface area contributed by atoms with Gasteiger partial charge in [0.2, 0.25) is 17.7 Å². The van der Waals surface area contributed by atoms with Gasteiger partial charge >= 0.3 is 12.2 Å². The molecule has 3 aliphatic heterocycles. The number of alkyl carbamates (subject to hydrolysis) is 2. The third-order valence-corrected chi connectivity index (χ3v) is 14.0. The second-order valence-electron chi connectivity index (χ2n) is 23.1. The molecule has 3 aromatic carbocycles. The molecule has 3 saturated heterocycles. The van der Waals surface area contributed by atoms with Gasteiger partial charge in [0, 0.05) is 65.2 Å². The molecule has 0 aromatic heterocycles. The Morgan fingerprint density at radius 2 is 0.805 bits per heavy atom. The van der Waals surface area contributed by atoms with Crippen LogP contribution in [0.15, 0.2) is 91.0 Å². The highest BCUT2D eigenvalue weighted by molar-refractivity contribution is 5.78. The van der Waals surface area contributed by atoms with Crippen LogP contribution in [0.2, 0.25) is 0 Å². The summed E-state index contributed by atoms with van der Waals surface area (Å²) in [7, 11) is 3.80. The largest absolute Gasteiger partial charge is 0.444 e. The minimum absolute atomic E-state index is 0.00249. The molecule has 16 heteroatoms. The van der Waals surface area contributed by atoms with Crippen LogP contribution in [0.1, 0.15) is 122 Å². The van der Waals surface area contributed by atoms with Gasteiger partial charge in [0.25, 0.3) is 0 Å². The lowest BCUT2D eigenvalue weighted by Crippen LogP contribution is -2.46. The average Bonchev–Trinajstić information content (AvgIpc) is 3.39. The van der Waals surface area contributed by atoms with Gasteiger partial charge in [-0.25, -0.2) is 9.59 Å². The first-order valence-corrected chi connectivity index (χ1v) is 27.3. The highest BCUT2D eigenvalue weighted by Gasteiger charge is 2.38. The van der Waals surface area contributed by atoms with E-state index in [9.17, 15) is 39.8 Å². The maximum Gasteiger partial charge on any atom is 0.407 e. The number of ether oxygens (including phenoxy) is 2. The van der Waals surface area contributed by atoms with Crippen LogP contribution in [-0.4, -0.2) is 134 Å². The molecule has 3 fully saturated rings. The minimum Gasteiger partial charge on any atom is -0.444 e. The number of rotatable bonds is 16. The topological polar surface area (TPSA) is 212 Å². The van der Waals surface area contributed by atoms with Crippen molar-refractivity contribution in [3.63, 3.8) is 0 Å². The van der Waals surface area contributed by atoms with Crippen molar-refractivity contribution in [1.82, 2.24) is 30.2 Å². The molecule has 0 aliphatic carbocycles. The van der Waals surface area contributed by atoms with Crippen LogP contribution in [0.4, 0.5) is 9.59 Å². The maximum atomic E-state index is 12.5. The fourth-order valence-corrected chi connectivity index (χ4v) is 9.67. The van der Waals surface area contributed by atoms with Gasteiger partial charge in [-0.2, -0.15) is 15.8 Å². The first-order chi connectivity index (χ1) is 36.5. The first-order valence-electron chi connectivity index (χ1n) is 27.3. The predicted molar refractivity (Wildman–Crippen MR) is 298 cm³/mol. The fraction of sp³-hybridized carbons (Fsp3) is 0.574. The van der Waals surface area contributed by atoms with Crippen molar-refractivity contribution < 1.29 is 33.4 Å². The third-order valence-electron chi connectivity index (χ3n) is 14.0. The Labute approximate surface area is 459 Å². The first kappa shape index (κ1) is 62.6. The summed E-state index contributed by atoms with van der Waals surface area (Å²) in [6, 6.07) is 37.8. The summed E-state index contributed by atoms with van der Waals surface area (Å²) in [5.41, 5.74) is 1.35. The highest BCUT2D eigenvalue weighted by atomic mass is 16.6. The van der Waals surface area contributed by atoms with Gasteiger partial charge in [-0.1, -0.05) is 91.0 Å². The standard InChI is InChI=1S/C23H33N3O3.C21H29N3O3.C17H23N3O/c1-22(2,3)29-21(28)25-14-8-7-11-20(27)26-15-12-23(18-24,13-16-26)17-19-9-5-4-6-10-19;1-20(2,3)27-19(26)23-12-9-18(25)24-13-10-21(16-22,11-14-24)15-17-7-5-4-6-8-17;1-19(2)13-16(21)20-10-8-17(14-18,9-11-20)12-15-6-4-3-5-7-15/h4-6,9-10H,7-8,11-17H2,1-3H3,(H,25,28);4-8H,9-15H2,1-3H3,(H,23,26);3-7H,8-13H2,1-2H3. The molecule has 16 nitrogen and oxygen atoms in total. The molecule has 0 spiro atoms. The van der Waals surface area contributed by atoms with E-state index in [2.05, 4.69) is 53.1 Å². The SMILES string of the molecule is CC(C)(C)OC(=O)NCCC(=O)N1CCC(C#N)(Cc2ccccc2)CC1.CC(C)(C)OC(=O)NCCCCC(=O)N1CCC(C#N)(Cc2ccccc2)CC1.CN(C)CC(=O)N1CCC(C#N)(Cc2ccccc2)CC1. The van der Waals surface area contributed by atoms with Gasteiger partial charge in [0.15, 0.2) is 0 Å². The third kappa shape index (κ3) is 22.7. The van der Waals surface area contributed by atoms with Crippen LogP contribution in [-0.2, 0) is 43.1 Å². The van der Waals surface area contributed by atoms with Crippen LogP contribution in [0.5, 0.6) is 0 Å². The number of benzene rings is 3. The molecule has 0 saturated carbocycles. The quantitative estimate of drug-likeness (QED) is 0.129. The Kier molecular flexibility index (Phi) is 24.5. The summed E-state index contributed by atoms with van der Waals surface area (Å²) in [5.74, 6) is 0.289. The van der Waals surface area contributed by atoms with Crippen molar-refractivity contribution in [3.8, 4) is 18.2 Å². The number of nitrogens with zero attached hydrogens (tertiary/aromatic N) is 7. The molecule has 0 radical (unpaired) electrons. The van der Waals surface area contributed by atoms with E-state index in [0.717, 1.165) is 44.1 Å². The molecule has 6 rings (SSSR count). The maximum absolute atomic E-state index is 12.5. The number of likely N-dealkylation sites (N-methyl/N-ethyl adjacent to an activating group) is 1. The van der Waals surface area contributed by atoms with E-state index < -0.39 is 28.8 Å². The van der Waals surface area contributed by atoms with Crippen molar-refractivity contribution >= 4 is 29.9 Å². The normalized spacial score (nSPS) is 16.5. The van der Waals surface area contributed by atoms with Crippen LogP contribution < -0.4 is 10.6 Å². The number of nitrogens with one attached hydrogen (secondary N) is 2. The van der Waals surface area contributed by atoms with E-state index in [4.69, 9.17) is 9.47 Å². The van der Waals surface area contributed by atoms with E-state index in [1.54, 1.807) is 25.7 Å². The summed E-state index contributed by atoms with van der Waals surface area (Å²) in [5, 5.41) is 34.4. The number of carbonyl (C=O) groups is 5. The molecule has 2 N–H and O–H groups in total. The molecular weight excluding hydrogens is 971 g/mol. The fourth-order valence-electron chi connectivity index (χ4n) is 9.67. The van der Waals surface area contributed by atoms with Gasteiger partial charge in [0.1, 0.15) is 11.2 Å². The van der Waals surface area contributed by atoms with E-state index in [-0.39, 0.29) is 41.5 Å². The number of piperidine rings is 3. The lowest BCUT2D eigenvalue weighted by molar-refractivity contribution is -0.134. The Balaban J connectivity index is 0.000000252. The van der Waals surface area contributed by atoms with Crippen molar-refractivity contribution in [2.75, 3.05) is 73.0 Å². The zero-order valence-electron chi connectivity index (χ0n) is 47.2. The van der Waals surface area contributed by atoms with E-state index in [1.807, 2.05) is 116 Å². The van der Waals surface area contributed by atoms with Crippen LogP contribution in [0.3, 0.4) is 0 Å². The number of amides is 5. The zero-order chi connectivity index (χ0) is 56.5. The molecule has 77 heavy (non-hydrogen) atoms. The lowest BCUT2D eigenvalue weighted by Gasteiger charge is -2.37. The Hall–Kier alpha value is -6.96. The Bertz CT molecular complexity index is 2450. The van der Waals surface area contributed by atoms with E-state index >= 15 is 0 Å². The second kappa shape index (κ2) is 30.1. The summed E-state index contributed by atoms with van der Waals surface area (Å²) >= 11 is 0. The minimum atomic E-state index is -0.555.